The van der Waals surface area contributed by atoms with Crippen LogP contribution in [-0.4, -0.2) is 91.5 Å². The lowest BCUT2D eigenvalue weighted by Crippen LogP contribution is -2.70. The van der Waals surface area contributed by atoms with Crippen molar-refractivity contribution >= 4 is 36.2 Å². The van der Waals surface area contributed by atoms with Crippen LogP contribution in [0.4, 0.5) is 10.3 Å². The summed E-state index contributed by atoms with van der Waals surface area (Å²) in [5.74, 6) is 0.394. The van der Waals surface area contributed by atoms with Gasteiger partial charge in [-0.05, 0) is 61.3 Å². The first-order valence-corrected chi connectivity index (χ1v) is 17.7. The molecule has 2 saturated heterocycles. The number of rotatable bonds is 8. The molecule has 0 spiro atoms. The average Bonchev–Trinajstić information content (AvgIpc) is 3.24. The summed E-state index contributed by atoms with van der Waals surface area (Å²) in [7, 11) is -0.997. The first-order valence-electron chi connectivity index (χ1n) is 15.4. The van der Waals surface area contributed by atoms with Gasteiger partial charge in [0.2, 0.25) is 11.2 Å². The number of likely N-dealkylation sites (N-methyl/N-ethyl adjacent to an activating group) is 1. The van der Waals surface area contributed by atoms with E-state index in [4.69, 9.17) is 30.5 Å². The highest BCUT2D eigenvalue weighted by atomic mass is 35.5. The number of anilines is 1. The molecule has 0 radical (unpaired) electrons. The molecule has 0 bridgehead atoms. The van der Waals surface area contributed by atoms with Gasteiger partial charge in [-0.2, -0.15) is 15.0 Å². The smallest absolute Gasteiger partial charge is 0.322 e. The number of hydrogen-bond donors (Lipinski definition) is 0. The third-order valence-electron chi connectivity index (χ3n) is 8.83. The van der Waals surface area contributed by atoms with Crippen LogP contribution in [-0.2, 0) is 9.16 Å². The van der Waals surface area contributed by atoms with Crippen LogP contribution in [0.1, 0.15) is 48.0 Å². The maximum absolute atomic E-state index is 14.1. The van der Waals surface area contributed by atoms with Crippen molar-refractivity contribution in [3.8, 4) is 6.01 Å². The second-order valence-electron chi connectivity index (χ2n) is 13.6. The fraction of sp³-hybridized carbons (Fsp3) is 0.545. The van der Waals surface area contributed by atoms with Gasteiger partial charge in [0.1, 0.15) is 12.3 Å². The predicted octanol–water partition coefficient (Wildman–Crippen LogP) is 4.89. The number of benzene rings is 2. The first kappa shape index (κ1) is 32.8. The fourth-order valence-electron chi connectivity index (χ4n) is 6.71. The molecule has 2 aromatic carbocycles. The summed E-state index contributed by atoms with van der Waals surface area (Å²) in [5.41, 5.74) is -0.730. The maximum atomic E-state index is 14.1. The zero-order chi connectivity index (χ0) is 31.7. The molecule has 238 valence electrons. The monoisotopic (exact) mass is 641 g/mol. The van der Waals surface area contributed by atoms with Gasteiger partial charge in [-0.25, -0.2) is 4.39 Å². The normalized spacial score (nSPS) is 25.9. The van der Waals surface area contributed by atoms with Crippen LogP contribution >= 0.6 is 11.6 Å². The number of likely N-dealkylation sites (tertiary alicyclic amines) is 1. The standard InChI is InChI=1S/C33H45ClFN5O3Si/c1-23-20-41-22-33(6,43-44(32(3,4)5,26-14-10-8-11-15-26)27-16-12-9-13-17-27)21-40(23)30-36-29(34)37-31(38-30)42-24(2)28-18-25(35)19-39(28)7/h8-17,23-25,28H,18-22H2,1-7H3/t23-,24+,25-,28+,33+/m1/s1. The lowest BCUT2D eigenvalue weighted by atomic mass is 10.1. The molecule has 5 rings (SSSR count). The molecule has 0 unspecified atom stereocenters. The van der Waals surface area contributed by atoms with Crippen molar-refractivity contribution in [2.75, 3.05) is 38.3 Å². The van der Waals surface area contributed by atoms with E-state index in [1.54, 1.807) is 0 Å². The highest BCUT2D eigenvalue weighted by Crippen LogP contribution is 2.40. The number of nitrogens with zero attached hydrogens (tertiary/aromatic N) is 5. The molecule has 3 heterocycles. The van der Waals surface area contributed by atoms with E-state index in [1.165, 1.54) is 10.4 Å². The van der Waals surface area contributed by atoms with Crippen LogP contribution in [0.25, 0.3) is 0 Å². The molecule has 8 nitrogen and oxygen atoms in total. The molecule has 3 aromatic rings. The van der Waals surface area contributed by atoms with E-state index in [0.717, 1.165) is 0 Å². The highest BCUT2D eigenvalue weighted by molar-refractivity contribution is 6.99. The Labute approximate surface area is 267 Å². The largest absolute Gasteiger partial charge is 0.459 e. The minimum absolute atomic E-state index is 0.0346. The molecule has 0 N–H and O–H groups in total. The Hall–Kier alpha value is -2.63. The van der Waals surface area contributed by atoms with Crippen molar-refractivity contribution in [2.45, 2.75) is 83.0 Å². The molecule has 11 heteroatoms. The molecule has 0 aliphatic carbocycles. The van der Waals surface area contributed by atoms with Crippen LogP contribution in [0.2, 0.25) is 10.3 Å². The summed E-state index contributed by atoms with van der Waals surface area (Å²) in [6.45, 7) is 14.6. The minimum Gasteiger partial charge on any atom is -0.459 e. The zero-order valence-electron chi connectivity index (χ0n) is 26.8. The average molecular weight is 642 g/mol. The lowest BCUT2D eigenvalue weighted by molar-refractivity contribution is -0.00222. The molecule has 1 aromatic heterocycles. The van der Waals surface area contributed by atoms with E-state index in [9.17, 15) is 4.39 Å². The van der Waals surface area contributed by atoms with Crippen LogP contribution in [0.3, 0.4) is 0 Å². The van der Waals surface area contributed by atoms with Gasteiger partial charge in [-0.3, -0.25) is 4.90 Å². The van der Waals surface area contributed by atoms with Gasteiger partial charge in [-0.1, -0.05) is 81.4 Å². The van der Waals surface area contributed by atoms with Crippen molar-refractivity contribution in [3.63, 3.8) is 0 Å². The molecule has 2 aliphatic rings. The minimum atomic E-state index is -2.90. The van der Waals surface area contributed by atoms with Gasteiger partial charge in [0.15, 0.2) is 0 Å². The molecule has 0 saturated carbocycles. The van der Waals surface area contributed by atoms with E-state index in [-0.39, 0.29) is 34.5 Å². The maximum Gasteiger partial charge on any atom is 0.322 e. The number of ether oxygens (including phenoxy) is 2. The summed E-state index contributed by atoms with van der Waals surface area (Å²) >= 11 is 6.46. The van der Waals surface area contributed by atoms with Gasteiger partial charge in [0, 0.05) is 12.6 Å². The van der Waals surface area contributed by atoms with E-state index < -0.39 is 20.1 Å². The van der Waals surface area contributed by atoms with E-state index >= 15 is 0 Å². The van der Waals surface area contributed by atoms with E-state index in [2.05, 4.69) is 98.0 Å². The first-order chi connectivity index (χ1) is 20.8. The van der Waals surface area contributed by atoms with Gasteiger partial charge in [-0.15, -0.1) is 0 Å². The van der Waals surface area contributed by atoms with Crippen LogP contribution < -0.4 is 20.0 Å². The summed E-state index contributed by atoms with van der Waals surface area (Å²) < 4.78 is 34.1. The van der Waals surface area contributed by atoms with Crippen molar-refractivity contribution in [3.05, 3.63) is 65.9 Å². The van der Waals surface area contributed by atoms with E-state index in [0.29, 0.717) is 38.7 Å². The zero-order valence-corrected chi connectivity index (χ0v) is 28.6. The fourth-order valence-corrected chi connectivity index (χ4v) is 11.6. The number of alkyl halides is 1. The second-order valence-corrected chi connectivity index (χ2v) is 18.1. The molecule has 2 fully saturated rings. The Kier molecular flexibility index (Phi) is 9.68. The van der Waals surface area contributed by atoms with Crippen LogP contribution in [0.15, 0.2) is 60.7 Å². The SMILES string of the molecule is C[C@H](Oc1nc(Cl)nc(N2C[C@](C)(O[Si](c3ccccc3)(c3ccccc3)C(C)(C)C)COC[C@H]2C)n1)[C@@H]1C[C@@H](F)CN1C. The van der Waals surface area contributed by atoms with Gasteiger partial charge in [0.25, 0.3) is 8.32 Å². The molecule has 0 amide bonds. The van der Waals surface area contributed by atoms with Gasteiger partial charge < -0.3 is 18.8 Å². The Balaban J connectivity index is 1.50. The summed E-state index contributed by atoms with van der Waals surface area (Å²) in [6, 6.07) is 21.1. The quantitative estimate of drug-likeness (QED) is 0.322. The lowest BCUT2D eigenvalue weighted by Gasteiger charge is -2.49. The molecular weight excluding hydrogens is 597 g/mol. The highest BCUT2D eigenvalue weighted by Gasteiger charge is 2.54. The number of halogens is 2. The third-order valence-corrected chi connectivity index (χ3v) is 14.2. The van der Waals surface area contributed by atoms with Gasteiger partial charge in [0.05, 0.1) is 31.4 Å². The van der Waals surface area contributed by atoms with Crippen molar-refractivity contribution in [1.82, 2.24) is 19.9 Å². The summed E-state index contributed by atoms with van der Waals surface area (Å²) in [4.78, 5) is 17.6. The Bertz CT molecular complexity index is 1360. The van der Waals surface area contributed by atoms with Crippen molar-refractivity contribution < 1.29 is 18.3 Å². The second kappa shape index (κ2) is 13.0. The van der Waals surface area contributed by atoms with Crippen LogP contribution in [0, 0.1) is 0 Å². The number of aromatic nitrogens is 3. The molecule has 5 atom stereocenters. The summed E-state index contributed by atoms with van der Waals surface area (Å²) in [5, 5.41) is 2.22. The number of hydrogen-bond acceptors (Lipinski definition) is 8. The Morgan fingerprint density at radius 1 is 1.05 bits per heavy atom. The molecule has 2 aliphatic heterocycles. The van der Waals surface area contributed by atoms with Crippen molar-refractivity contribution in [1.29, 1.82) is 0 Å². The Morgan fingerprint density at radius 3 is 2.20 bits per heavy atom. The van der Waals surface area contributed by atoms with Crippen molar-refractivity contribution in [2.24, 2.45) is 0 Å². The van der Waals surface area contributed by atoms with E-state index in [1.807, 2.05) is 31.0 Å². The summed E-state index contributed by atoms with van der Waals surface area (Å²) in [6.07, 6.45) is -0.803. The van der Waals surface area contributed by atoms with Gasteiger partial charge >= 0.3 is 6.01 Å². The predicted molar refractivity (Wildman–Crippen MR) is 176 cm³/mol. The third kappa shape index (κ3) is 6.79. The van der Waals surface area contributed by atoms with Crippen LogP contribution in [0.5, 0.6) is 6.01 Å². The molecule has 44 heavy (non-hydrogen) atoms. The topological polar surface area (TPSA) is 72.8 Å². The Morgan fingerprint density at radius 2 is 1.66 bits per heavy atom. The molecular formula is C33H45ClFN5O3Si.